The van der Waals surface area contributed by atoms with Crippen molar-refractivity contribution in [1.82, 2.24) is 14.7 Å². The van der Waals surface area contributed by atoms with E-state index in [4.69, 9.17) is 10.2 Å². The number of nitriles is 1. The van der Waals surface area contributed by atoms with Crippen molar-refractivity contribution in [1.29, 1.82) is 5.26 Å². The largest absolute Gasteiger partial charge is 0.395 e. The highest BCUT2D eigenvalue weighted by Crippen LogP contribution is 2.07. The van der Waals surface area contributed by atoms with E-state index in [1.807, 2.05) is 11.0 Å². The third-order valence-corrected chi connectivity index (χ3v) is 3.45. The van der Waals surface area contributed by atoms with Crippen LogP contribution in [0.2, 0.25) is 0 Å². The summed E-state index contributed by atoms with van der Waals surface area (Å²) in [6.45, 7) is 3.38. The molecule has 0 bridgehead atoms. The Morgan fingerprint density at radius 1 is 1.18 bits per heavy atom. The van der Waals surface area contributed by atoms with Gasteiger partial charge in [-0.2, -0.15) is 5.26 Å². The molecule has 0 aliphatic carbocycles. The number of carbonyl (C=O) groups is 2. The van der Waals surface area contributed by atoms with E-state index in [0.29, 0.717) is 26.2 Å². The van der Waals surface area contributed by atoms with E-state index in [1.165, 1.54) is 18.0 Å². The maximum atomic E-state index is 12.2. The first kappa shape index (κ1) is 17.9. The number of rotatable bonds is 6. The van der Waals surface area contributed by atoms with E-state index >= 15 is 0 Å². The lowest BCUT2D eigenvalue weighted by Gasteiger charge is -2.33. The molecule has 1 heterocycles. The fraction of sp³-hybridized carbons (Fsp3) is 0.643. The standard InChI is InChI=1S/C14H22N4O4/c1-12(21)17-4-2-16(3-5-17)11-13(10-15)14(22)18(6-8-19)7-9-20/h11,19-20H,2-9H2,1H3/b13-11-. The van der Waals surface area contributed by atoms with Crippen LogP contribution in [-0.4, -0.2) is 89.2 Å². The van der Waals surface area contributed by atoms with Gasteiger partial charge in [0.05, 0.1) is 13.2 Å². The Morgan fingerprint density at radius 3 is 2.14 bits per heavy atom. The van der Waals surface area contributed by atoms with Crippen molar-refractivity contribution in [2.24, 2.45) is 0 Å². The van der Waals surface area contributed by atoms with Gasteiger partial charge in [-0.15, -0.1) is 0 Å². The Bertz CT molecular complexity index is 458. The summed E-state index contributed by atoms with van der Waals surface area (Å²) < 4.78 is 0. The molecule has 1 aliphatic heterocycles. The van der Waals surface area contributed by atoms with Gasteiger partial charge in [0, 0.05) is 52.4 Å². The Balaban J connectivity index is 2.72. The van der Waals surface area contributed by atoms with Crippen molar-refractivity contribution in [3.05, 3.63) is 11.8 Å². The third kappa shape index (κ3) is 5.02. The quantitative estimate of drug-likeness (QED) is 0.450. The highest BCUT2D eigenvalue weighted by molar-refractivity contribution is 5.97. The van der Waals surface area contributed by atoms with E-state index < -0.39 is 5.91 Å². The zero-order valence-corrected chi connectivity index (χ0v) is 12.7. The lowest BCUT2D eigenvalue weighted by molar-refractivity contribution is -0.130. The Hall–Kier alpha value is -2.11. The second-order valence-electron chi connectivity index (χ2n) is 4.94. The van der Waals surface area contributed by atoms with E-state index in [2.05, 4.69) is 0 Å². The summed E-state index contributed by atoms with van der Waals surface area (Å²) in [4.78, 5) is 28.3. The number of piperazine rings is 1. The molecule has 2 amide bonds. The van der Waals surface area contributed by atoms with Crippen molar-refractivity contribution in [2.45, 2.75) is 6.92 Å². The lowest BCUT2D eigenvalue weighted by atomic mass is 10.2. The molecule has 8 nitrogen and oxygen atoms in total. The molecule has 1 fully saturated rings. The summed E-state index contributed by atoms with van der Waals surface area (Å²) in [5, 5.41) is 27.1. The van der Waals surface area contributed by atoms with Crippen LogP contribution in [0.25, 0.3) is 0 Å². The Kier molecular flexibility index (Phi) is 7.36. The monoisotopic (exact) mass is 310 g/mol. The van der Waals surface area contributed by atoms with Gasteiger partial charge in [-0.1, -0.05) is 0 Å². The minimum atomic E-state index is -0.514. The molecular formula is C14H22N4O4. The van der Waals surface area contributed by atoms with Crippen LogP contribution in [0.5, 0.6) is 0 Å². The number of hydrogen-bond donors (Lipinski definition) is 2. The molecule has 1 aliphatic rings. The highest BCUT2D eigenvalue weighted by Gasteiger charge is 2.21. The SMILES string of the molecule is CC(=O)N1CCN(/C=C(/C#N)C(=O)N(CCO)CCO)CC1. The molecule has 0 radical (unpaired) electrons. The van der Waals surface area contributed by atoms with E-state index in [0.717, 1.165) is 0 Å². The lowest BCUT2D eigenvalue weighted by Crippen LogP contribution is -2.46. The summed E-state index contributed by atoms with van der Waals surface area (Å²) in [6, 6.07) is 1.86. The van der Waals surface area contributed by atoms with Crippen LogP contribution in [-0.2, 0) is 9.59 Å². The number of amides is 2. The molecule has 1 saturated heterocycles. The van der Waals surface area contributed by atoms with Crippen molar-refractivity contribution in [3.8, 4) is 6.07 Å². The smallest absolute Gasteiger partial charge is 0.266 e. The van der Waals surface area contributed by atoms with E-state index in [9.17, 15) is 14.9 Å². The van der Waals surface area contributed by atoms with Crippen molar-refractivity contribution < 1.29 is 19.8 Å². The zero-order valence-electron chi connectivity index (χ0n) is 12.7. The maximum Gasteiger partial charge on any atom is 0.266 e. The topological polar surface area (TPSA) is 108 Å². The summed E-state index contributed by atoms with van der Waals surface area (Å²) in [5.74, 6) is -0.503. The molecule has 0 spiro atoms. The van der Waals surface area contributed by atoms with Gasteiger partial charge in [0.25, 0.3) is 5.91 Å². The number of aliphatic hydroxyl groups is 2. The molecular weight excluding hydrogens is 288 g/mol. The number of hydrogen-bond acceptors (Lipinski definition) is 6. The third-order valence-electron chi connectivity index (χ3n) is 3.45. The molecule has 1 rings (SSSR count). The average Bonchev–Trinajstić information content (AvgIpc) is 2.52. The number of nitrogens with zero attached hydrogens (tertiary/aromatic N) is 4. The first-order valence-corrected chi connectivity index (χ1v) is 7.16. The minimum absolute atomic E-state index is 0.0114. The van der Waals surface area contributed by atoms with Crippen molar-refractivity contribution >= 4 is 11.8 Å². The van der Waals surface area contributed by atoms with Gasteiger partial charge in [-0.3, -0.25) is 9.59 Å². The molecule has 0 saturated carbocycles. The number of carbonyl (C=O) groups excluding carboxylic acids is 2. The highest BCUT2D eigenvalue weighted by atomic mass is 16.3. The molecule has 2 N–H and O–H groups in total. The molecule has 122 valence electrons. The second-order valence-corrected chi connectivity index (χ2v) is 4.94. The first-order chi connectivity index (χ1) is 10.5. The van der Waals surface area contributed by atoms with Crippen LogP contribution in [0.3, 0.4) is 0 Å². The van der Waals surface area contributed by atoms with Gasteiger partial charge in [0.2, 0.25) is 5.91 Å². The second kappa shape index (κ2) is 9.02. The van der Waals surface area contributed by atoms with Crippen LogP contribution in [0.4, 0.5) is 0 Å². The van der Waals surface area contributed by atoms with E-state index in [1.54, 1.807) is 4.90 Å². The number of aliphatic hydroxyl groups excluding tert-OH is 2. The Labute approximate surface area is 129 Å². The van der Waals surface area contributed by atoms with Crippen LogP contribution in [0.15, 0.2) is 11.8 Å². The maximum absolute atomic E-state index is 12.2. The zero-order chi connectivity index (χ0) is 16.5. The minimum Gasteiger partial charge on any atom is -0.395 e. The fourth-order valence-electron chi connectivity index (χ4n) is 2.21. The van der Waals surface area contributed by atoms with Gasteiger partial charge in [-0.05, 0) is 0 Å². The molecule has 0 aromatic carbocycles. The average molecular weight is 310 g/mol. The van der Waals surface area contributed by atoms with Gasteiger partial charge in [0.15, 0.2) is 0 Å². The van der Waals surface area contributed by atoms with Gasteiger partial charge in [0.1, 0.15) is 11.6 Å². The molecule has 8 heteroatoms. The molecule has 0 unspecified atom stereocenters. The predicted molar refractivity (Wildman–Crippen MR) is 78.3 cm³/mol. The molecule has 0 aromatic rings. The molecule has 0 atom stereocenters. The van der Waals surface area contributed by atoms with Gasteiger partial charge < -0.3 is 24.9 Å². The van der Waals surface area contributed by atoms with Crippen LogP contribution in [0, 0.1) is 11.3 Å². The molecule has 22 heavy (non-hydrogen) atoms. The van der Waals surface area contributed by atoms with E-state index in [-0.39, 0.29) is 37.8 Å². The first-order valence-electron chi connectivity index (χ1n) is 7.16. The molecule has 0 aromatic heterocycles. The summed E-state index contributed by atoms with van der Waals surface area (Å²) in [5.41, 5.74) is -0.0434. The van der Waals surface area contributed by atoms with Crippen LogP contribution in [0.1, 0.15) is 6.92 Å². The summed E-state index contributed by atoms with van der Waals surface area (Å²) >= 11 is 0. The predicted octanol–water partition coefficient (Wildman–Crippen LogP) is -1.63. The van der Waals surface area contributed by atoms with Gasteiger partial charge >= 0.3 is 0 Å². The van der Waals surface area contributed by atoms with Crippen LogP contribution >= 0.6 is 0 Å². The van der Waals surface area contributed by atoms with Gasteiger partial charge in [-0.25, -0.2) is 0 Å². The summed E-state index contributed by atoms with van der Waals surface area (Å²) in [7, 11) is 0. The fourth-order valence-corrected chi connectivity index (χ4v) is 2.21. The Morgan fingerprint density at radius 2 is 1.73 bits per heavy atom. The van der Waals surface area contributed by atoms with Crippen molar-refractivity contribution in [2.75, 3.05) is 52.5 Å². The van der Waals surface area contributed by atoms with Crippen molar-refractivity contribution in [3.63, 3.8) is 0 Å². The normalized spacial score (nSPS) is 15.5. The summed E-state index contributed by atoms with van der Waals surface area (Å²) in [6.07, 6.45) is 1.49. The van der Waals surface area contributed by atoms with Crippen LogP contribution < -0.4 is 0 Å².